The minimum atomic E-state index is 0.0629. The van der Waals surface area contributed by atoms with E-state index in [1.807, 2.05) is 11.6 Å². The van der Waals surface area contributed by atoms with Crippen molar-refractivity contribution < 1.29 is 4.74 Å². The summed E-state index contributed by atoms with van der Waals surface area (Å²) in [4.78, 5) is 6.87. The summed E-state index contributed by atoms with van der Waals surface area (Å²) in [7, 11) is 0. The molecule has 1 fully saturated rings. The highest BCUT2D eigenvalue weighted by Crippen LogP contribution is 2.25. The molecule has 1 unspecified atom stereocenters. The Morgan fingerprint density at radius 2 is 2.38 bits per heavy atom. The van der Waals surface area contributed by atoms with E-state index < -0.39 is 0 Å². The number of rotatable bonds is 5. The lowest BCUT2D eigenvalue weighted by atomic mass is 10.2. The summed E-state index contributed by atoms with van der Waals surface area (Å²) < 4.78 is 7.74. The maximum absolute atomic E-state index is 5.85. The Hall–Kier alpha value is -1.38. The van der Waals surface area contributed by atoms with E-state index in [1.165, 1.54) is 0 Å². The van der Waals surface area contributed by atoms with Crippen LogP contribution in [0.1, 0.15) is 36.0 Å². The van der Waals surface area contributed by atoms with Gasteiger partial charge in [-0.15, -0.1) is 16.4 Å². The van der Waals surface area contributed by atoms with E-state index >= 15 is 0 Å². The predicted octanol–water partition coefficient (Wildman–Crippen LogP) is 1.42. The predicted molar refractivity (Wildman–Crippen MR) is 78.9 cm³/mol. The molecule has 0 radical (unpaired) electrons. The lowest BCUT2D eigenvalue weighted by Gasteiger charge is -2.31. The van der Waals surface area contributed by atoms with Gasteiger partial charge >= 0.3 is 0 Å². The molecular formula is C13H20N6OS. The first kappa shape index (κ1) is 14.6. The smallest absolute Gasteiger partial charge is 0.165 e. The second kappa shape index (κ2) is 6.59. The molecular weight excluding hydrogens is 288 g/mol. The summed E-state index contributed by atoms with van der Waals surface area (Å²) >= 11 is 1.67. The van der Waals surface area contributed by atoms with E-state index in [0.717, 1.165) is 55.7 Å². The fraction of sp³-hybridized carbons (Fsp3) is 0.692. The molecule has 1 saturated heterocycles. The fourth-order valence-electron chi connectivity index (χ4n) is 2.44. The molecule has 8 heteroatoms. The number of nitrogens with zero attached hydrogens (tertiary/aromatic N) is 6. The molecule has 1 aliphatic rings. The molecule has 1 atom stereocenters. The van der Waals surface area contributed by atoms with Crippen LogP contribution in [0.4, 0.5) is 0 Å². The van der Waals surface area contributed by atoms with Crippen molar-refractivity contribution in [2.75, 3.05) is 19.7 Å². The zero-order chi connectivity index (χ0) is 14.7. The third-order valence-corrected chi connectivity index (χ3v) is 4.52. The van der Waals surface area contributed by atoms with Gasteiger partial charge in [0.2, 0.25) is 0 Å². The monoisotopic (exact) mass is 308 g/mol. The molecule has 0 saturated carbocycles. The highest BCUT2D eigenvalue weighted by atomic mass is 32.1. The first-order valence-electron chi connectivity index (χ1n) is 7.27. The molecule has 0 aliphatic carbocycles. The summed E-state index contributed by atoms with van der Waals surface area (Å²) in [5.41, 5.74) is 1.06. The van der Waals surface area contributed by atoms with Crippen molar-refractivity contribution in [1.82, 2.24) is 30.1 Å². The molecule has 0 amide bonds. The summed E-state index contributed by atoms with van der Waals surface area (Å²) in [6.45, 7) is 8.23. The van der Waals surface area contributed by atoms with Crippen molar-refractivity contribution >= 4 is 11.3 Å². The third kappa shape index (κ3) is 3.45. The van der Waals surface area contributed by atoms with Gasteiger partial charge in [0.1, 0.15) is 11.1 Å². The Bertz CT molecular complexity index is 583. The first-order chi connectivity index (χ1) is 10.3. The second-order valence-electron chi connectivity index (χ2n) is 5.24. The molecule has 2 aromatic heterocycles. The molecule has 0 aromatic carbocycles. The summed E-state index contributed by atoms with van der Waals surface area (Å²) in [5, 5.41) is 15.1. The highest BCUT2D eigenvalue weighted by Gasteiger charge is 2.25. The van der Waals surface area contributed by atoms with Crippen LogP contribution in [0, 0.1) is 6.92 Å². The fourth-order valence-corrected chi connectivity index (χ4v) is 3.27. The van der Waals surface area contributed by atoms with Crippen molar-refractivity contribution in [3.05, 3.63) is 21.9 Å². The van der Waals surface area contributed by atoms with Crippen molar-refractivity contribution in [1.29, 1.82) is 0 Å². The third-order valence-electron chi connectivity index (χ3n) is 3.47. The van der Waals surface area contributed by atoms with Gasteiger partial charge in [0.15, 0.2) is 5.82 Å². The molecule has 0 bridgehead atoms. The second-order valence-corrected chi connectivity index (χ2v) is 6.13. The van der Waals surface area contributed by atoms with Gasteiger partial charge in [-0.2, -0.15) is 0 Å². The average Bonchev–Trinajstić information content (AvgIpc) is 3.10. The van der Waals surface area contributed by atoms with Crippen LogP contribution in [0.25, 0.3) is 0 Å². The Morgan fingerprint density at radius 3 is 3.14 bits per heavy atom. The van der Waals surface area contributed by atoms with Crippen molar-refractivity contribution in [3.8, 4) is 0 Å². The van der Waals surface area contributed by atoms with Crippen molar-refractivity contribution in [3.63, 3.8) is 0 Å². The minimum Gasteiger partial charge on any atom is -0.368 e. The standard InChI is InChI=1S/C13H20N6OS/c1-3-4-19-12(15-16-17-19)8-18-5-6-20-11(7-18)13-14-10(2)9-21-13/h9,11H,3-8H2,1-2H3. The highest BCUT2D eigenvalue weighted by molar-refractivity contribution is 7.09. The summed E-state index contributed by atoms with van der Waals surface area (Å²) in [5.74, 6) is 0.924. The maximum atomic E-state index is 5.85. The number of aromatic nitrogens is 5. The number of hydrogen-bond donors (Lipinski definition) is 0. The van der Waals surface area contributed by atoms with Gasteiger partial charge in [-0.25, -0.2) is 9.67 Å². The molecule has 2 aromatic rings. The number of thiazole rings is 1. The Labute approximate surface area is 127 Å². The van der Waals surface area contributed by atoms with Gasteiger partial charge in [-0.05, 0) is 23.8 Å². The largest absolute Gasteiger partial charge is 0.368 e. The number of tetrazole rings is 1. The van der Waals surface area contributed by atoms with E-state index in [2.05, 4.69) is 37.7 Å². The number of aryl methyl sites for hydroxylation is 2. The van der Waals surface area contributed by atoms with Crippen LogP contribution in [0.3, 0.4) is 0 Å². The zero-order valence-corrected chi connectivity index (χ0v) is 13.2. The molecule has 1 aliphatic heterocycles. The molecule has 3 rings (SSSR count). The summed E-state index contributed by atoms with van der Waals surface area (Å²) in [6.07, 6.45) is 1.09. The number of hydrogen-bond acceptors (Lipinski definition) is 7. The van der Waals surface area contributed by atoms with E-state index in [-0.39, 0.29) is 6.10 Å². The number of ether oxygens (including phenoxy) is 1. The quantitative estimate of drug-likeness (QED) is 0.832. The van der Waals surface area contributed by atoms with Gasteiger partial charge in [-0.1, -0.05) is 6.92 Å². The van der Waals surface area contributed by atoms with Gasteiger partial charge < -0.3 is 4.74 Å². The normalized spacial score (nSPS) is 20.0. The van der Waals surface area contributed by atoms with Crippen LogP contribution in [0.2, 0.25) is 0 Å². The Kier molecular flexibility index (Phi) is 4.57. The van der Waals surface area contributed by atoms with Crippen LogP contribution in [0.15, 0.2) is 5.38 Å². The number of morpholine rings is 1. The molecule has 0 N–H and O–H groups in total. The van der Waals surface area contributed by atoms with Crippen molar-refractivity contribution in [2.45, 2.75) is 39.5 Å². The molecule has 0 spiro atoms. The minimum absolute atomic E-state index is 0.0629. The van der Waals surface area contributed by atoms with Gasteiger partial charge in [-0.3, -0.25) is 4.90 Å². The molecule has 21 heavy (non-hydrogen) atoms. The van der Waals surface area contributed by atoms with E-state index in [4.69, 9.17) is 4.74 Å². The van der Waals surface area contributed by atoms with E-state index in [9.17, 15) is 0 Å². The van der Waals surface area contributed by atoms with Crippen LogP contribution in [-0.4, -0.2) is 49.8 Å². The molecule has 7 nitrogen and oxygen atoms in total. The Balaban J connectivity index is 1.64. The average molecular weight is 308 g/mol. The SMILES string of the molecule is CCCn1nnnc1CN1CCOC(c2nc(C)cs2)C1. The van der Waals surface area contributed by atoms with Gasteiger partial charge in [0, 0.05) is 30.7 Å². The van der Waals surface area contributed by atoms with Gasteiger partial charge in [0.05, 0.1) is 13.2 Å². The topological polar surface area (TPSA) is 69.0 Å². The zero-order valence-electron chi connectivity index (χ0n) is 12.4. The Morgan fingerprint density at radius 1 is 1.48 bits per heavy atom. The van der Waals surface area contributed by atoms with Crippen molar-refractivity contribution in [2.24, 2.45) is 0 Å². The van der Waals surface area contributed by atoms with Crippen LogP contribution < -0.4 is 0 Å². The van der Waals surface area contributed by atoms with Gasteiger partial charge in [0.25, 0.3) is 0 Å². The van der Waals surface area contributed by atoms with E-state index in [1.54, 1.807) is 11.3 Å². The van der Waals surface area contributed by atoms with Crippen LogP contribution >= 0.6 is 11.3 Å². The molecule has 114 valence electrons. The lowest BCUT2D eigenvalue weighted by Crippen LogP contribution is -2.38. The lowest BCUT2D eigenvalue weighted by molar-refractivity contribution is -0.0341. The maximum Gasteiger partial charge on any atom is 0.165 e. The molecule has 3 heterocycles. The van der Waals surface area contributed by atoms with E-state index in [0.29, 0.717) is 0 Å². The van der Waals surface area contributed by atoms with Crippen LogP contribution in [0.5, 0.6) is 0 Å². The summed E-state index contributed by atoms with van der Waals surface area (Å²) in [6, 6.07) is 0. The first-order valence-corrected chi connectivity index (χ1v) is 8.15. The van der Waals surface area contributed by atoms with Crippen LogP contribution in [-0.2, 0) is 17.8 Å².